The summed E-state index contributed by atoms with van der Waals surface area (Å²) in [7, 11) is -9.82. The van der Waals surface area contributed by atoms with Crippen LogP contribution in [0.1, 0.15) is 483 Å². The van der Waals surface area contributed by atoms with E-state index in [1.165, 1.54) is 257 Å². The van der Waals surface area contributed by atoms with Gasteiger partial charge in [0, 0.05) is 19.3 Å². The summed E-state index contributed by atoms with van der Waals surface area (Å²) in [6, 6.07) is 0. The van der Waals surface area contributed by atoms with Crippen molar-refractivity contribution in [3.63, 3.8) is 0 Å². The van der Waals surface area contributed by atoms with Crippen molar-refractivity contribution in [2.75, 3.05) is 39.6 Å². The van der Waals surface area contributed by atoms with E-state index in [1.54, 1.807) is 0 Å². The Balaban J connectivity index is 4.61. The Hall–Kier alpha value is -5.61. The zero-order chi connectivity index (χ0) is 99.2. The second-order valence-electron chi connectivity index (χ2n) is 37.1. The zero-order valence-electron chi connectivity index (χ0n) is 87.4. The number of aliphatic hydroxyl groups excluding tert-OH is 2. The highest BCUT2D eigenvalue weighted by Crippen LogP contribution is 2.45. The second kappa shape index (κ2) is 109. The fraction of sp³-hybridized carbons (Fsp3) is 0.706. The summed E-state index contributed by atoms with van der Waals surface area (Å²) in [5.41, 5.74) is 0. The molecule has 786 valence electrons. The van der Waals surface area contributed by atoms with Gasteiger partial charge >= 0.3 is 33.6 Å². The van der Waals surface area contributed by atoms with Crippen LogP contribution in [0.4, 0.5) is 0 Å². The van der Waals surface area contributed by atoms with Gasteiger partial charge in [-0.25, -0.2) is 9.13 Å². The fourth-order valence-electron chi connectivity index (χ4n) is 15.5. The molecule has 18 heteroatoms. The Morgan fingerprint density at radius 1 is 0.212 bits per heavy atom. The lowest BCUT2D eigenvalue weighted by Gasteiger charge is -2.21. The molecule has 137 heavy (non-hydrogen) atoms. The van der Waals surface area contributed by atoms with Crippen LogP contribution in [0.2, 0.25) is 0 Å². The van der Waals surface area contributed by atoms with Crippen LogP contribution in [0.3, 0.4) is 0 Å². The number of phosphoric acid groups is 2. The number of phosphoric ester groups is 2. The van der Waals surface area contributed by atoms with Gasteiger partial charge in [0.2, 0.25) is 0 Å². The highest BCUT2D eigenvalue weighted by atomic mass is 31.2. The molecule has 0 saturated carbocycles. The predicted octanol–water partition coefficient (Wildman–Crippen LogP) is 36.0. The summed E-state index contributed by atoms with van der Waals surface area (Å²) in [6.07, 6.45) is 148. The van der Waals surface area contributed by atoms with E-state index < -0.39 is 91.5 Å². The maximum Gasteiger partial charge on any atom is 0.472 e. The van der Waals surface area contributed by atoms with Crippen LogP contribution in [-0.4, -0.2) is 95.9 Å². The third-order valence-corrected chi connectivity index (χ3v) is 25.7. The maximum absolute atomic E-state index is 13.2. The molecule has 4 N–H and O–H groups in total. The van der Waals surface area contributed by atoms with Crippen LogP contribution >= 0.6 is 15.6 Å². The molecule has 0 aromatic carbocycles. The first-order valence-corrected chi connectivity index (χ1v) is 58.7. The number of hydrogen-bond acceptors (Lipinski definition) is 14. The molecule has 5 unspecified atom stereocenters. The molecule has 0 fully saturated rings. The minimum absolute atomic E-state index is 0.103. The topological polar surface area (TPSA) is 231 Å². The molecule has 5 atom stereocenters. The quantitative estimate of drug-likeness (QED) is 0.0146. The number of hydrogen-bond donors (Lipinski definition) is 4. The van der Waals surface area contributed by atoms with Gasteiger partial charge in [0.25, 0.3) is 0 Å². The van der Waals surface area contributed by atoms with Crippen molar-refractivity contribution >= 4 is 33.6 Å². The van der Waals surface area contributed by atoms with E-state index in [2.05, 4.69) is 215 Å². The number of aliphatic hydroxyl groups is 2. The molecule has 0 aliphatic carbocycles. The van der Waals surface area contributed by atoms with Crippen LogP contribution in [-0.2, 0) is 55.8 Å². The molecule has 0 spiro atoms. The Bertz CT molecular complexity index is 3270. The minimum atomic E-state index is -4.95. The van der Waals surface area contributed by atoms with Crippen molar-refractivity contribution in [1.82, 2.24) is 0 Å². The van der Waals surface area contributed by atoms with Crippen LogP contribution in [0.25, 0.3) is 0 Å². The van der Waals surface area contributed by atoms with Gasteiger partial charge in [0.05, 0.1) is 26.4 Å². The van der Waals surface area contributed by atoms with Gasteiger partial charge in [0.1, 0.15) is 25.4 Å². The highest BCUT2D eigenvalue weighted by molar-refractivity contribution is 7.47. The van der Waals surface area contributed by atoms with E-state index in [9.17, 15) is 43.5 Å². The van der Waals surface area contributed by atoms with Gasteiger partial charge in [-0.2, -0.15) is 0 Å². The number of carbonyl (C=O) groups excluding carboxylic acids is 3. The number of rotatable bonds is 105. The van der Waals surface area contributed by atoms with E-state index >= 15 is 0 Å². The molecule has 0 aromatic heterocycles. The number of carbonyl (C=O) groups is 3. The van der Waals surface area contributed by atoms with Gasteiger partial charge in [-0.1, -0.05) is 491 Å². The van der Waals surface area contributed by atoms with E-state index in [-0.39, 0.29) is 19.3 Å². The van der Waals surface area contributed by atoms with Crippen LogP contribution in [0.15, 0.2) is 194 Å². The molecule has 0 aromatic rings. The first-order valence-electron chi connectivity index (χ1n) is 55.7. The first-order chi connectivity index (χ1) is 67.2. The predicted molar refractivity (Wildman–Crippen MR) is 583 cm³/mol. The van der Waals surface area contributed by atoms with Crippen molar-refractivity contribution in [2.45, 2.75) is 501 Å². The summed E-state index contributed by atoms with van der Waals surface area (Å²) < 4.78 is 61.9. The summed E-state index contributed by atoms with van der Waals surface area (Å²) in [5.74, 6) is -1.55. The average molecular weight is 1950 g/mol. The van der Waals surface area contributed by atoms with Crippen LogP contribution < -0.4 is 0 Å². The fourth-order valence-corrected chi connectivity index (χ4v) is 17.0. The second-order valence-corrected chi connectivity index (χ2v) is 40.0. The monoisotopic (exact) mass is 1950 g/mol. The van der Waals surface area contributed by atoms with Gasteiger partial charge < -0.3 is 34.2 Å². The molecular formula is C119H204O16P2. The molecule has 0 amide bonds. The van der Waals surface area contributed by atoms with E-state index in [0.717, 1.165) is 167 Å². The van der Waals surface area contributed by atoms with Crippen LogP contribution in [0, 0.1) is 0 Å². The first kappa shape index (κ1) is 131. The third-order valence-electron chi connectivity index (χ3n) is 23.8. The van der Waals surface area contributed by atoms with Gasteiger partial charge in [-0.15, -0.1) is 0 Å². The van der Waals surface area contributed by atoms with Gasteiger partial charge in [-0.05, 0) is 167 Å². The standard InChI is InChI=1S/C119H204O16P2/c1-4-7-10-13-16-19-22-25-28-31-34-37-40-43-46-49-52-55-56-59-61-63-66-69-72-75-78-81-84-87-90-93-96-99-102-105-117(122)129-108-114(120)109-131-136(125,126)132-110-115(121)111-133-137(127,128)134-113-116(135-119(124)107-104-101-98-95-92-89-86-83-80-77-74-71-68-65-62-58-54-51-48-45-42-39-36-33-30-27-24-21-18-15-12-9-6-3)112-130-118(123)106-103-100-97-94-91-88-85-82-79-76-73-70-67-64-60-57-53-50-47-44-41-38-35-32-29-26-23-20-17-14-11-8-5-2/h7-8,10-11,16-21,25-30,34-39,43-48,52-53,55,57,114-116,120-121H,4-6,9,12-15,22-24,31-33,40-42,49-51,54,56,58-113H2,1-3H3,(H,125,126)(H,127,128)/b10-7-,11-8-,19-16-,20-17-,21-18-,28-25-,29-26-,30-27-,37-34-,38-35-,39-36-,46-43-,47-44-,48-45-,55-52-,57-53-. The molecule has 0 aliphatic rings. The number of unbranched alkanes of at least 4 members (excludes halogenated alkanes) is 50. The van der Waals surface area contributed by atoms with Crippen molar-refractivity contribution in [3.05, 3.63) is 194 Å². The molecule has 16 nitrogen and oxygen atoms in total. The molecular weight excluding hydrogens is 1750 g/mol. The summed E-state index contributed by atoms with van der Waals surface area (Å²) in [4.78, 5) is 59.4. The third kappa shape index (κ3) is 111. The Labute approximate surface area is 839 Å². The number of ether oxygens (including phenoxy) is 3. The largest absolute Gasteiger partial charge is 0.472 e. The Kier molecular flexibility index (Phi) is 105. The summed E-state index contributed by atoms with van der Waals surface area (Å²) in [5, 5.41) is 20.8. The maximum atomic E-state index is 13.2. The number of esters is 3. The van der Waals surface area contributed by atoms with Crippen molar-refractivity contribution < 1.29 is 75.8 Å². The smallest absolute Gasteiger partial charge is 0.463 e. The molecule has 0 rings (SSSR count). The van der Waals surface area contributed by atoms with Crippen molar-refractivity contribution in [1.29, 1.82) is 0 Å². The Morgan fingerprint density at radius 2 is 0.387 bits per heavy atom. The SMILES string of the molecule is CC/C=C\C/C=C\C/C=C\C/C=C\C/C=C\C/C=C\CCCCCCCCCCCCCCCCCCC(=O)OCC(O)COP(=O)(O)OCC(O)COP(=O)(O)OCC(COC(=O)CCCCCCCCCCCCCCCC/C=C\C/C=C\C/C=C\C/C=C\C/C=C\C/C=C\CC)OC(=O)CCCCCCCCCCCCCCCCCCC/C=C\C/C=C\C/C=C\C/C=C\CCCCC. The lowest BCUT2D eigenvalue weighted by molar-refractivity contribution is -0.161. The molecule has 0 saturated heterocycles. The molecule has 0 radical (unpaired) electrons. The number of allylic oxidation sites excluding steroid dienone is 32. The van der Waals surface area contributed by atoms with Gasteiger partial charge in [0.15, 0.2) is 6.10 Å². The normalized spacial score (nSPS) is 14.3. The van der Waals surface area contributed by atoms with Crippen molar-refractivity contribution in [3.8, 4) is 0 Å². The molecule has 0 heterocycles. The average Bonchev–Trinajstić information content (AvgIpc) is 0.896. The molecule has 0 bridgehead atoms. The lowest BCUT2D eigenvalue weighted by atomic mass is 10.0. The van der Waals surface area contributed by atoms with Crippen molar-refractivity contribution in [2.24, 2.45) is 0 Å². The minimum Gasteiger partial charge on any atom is -0.463 e. The summed E-state index contributed by atoms with van der Waals surface area (Å²) in [6.45, 7) is 2.52. The lowest BCUT2D eigenvalue weighted by Crippen LogP contribution is -2.30. The highest BCUT2D eigenvalue weighted by Gasteiger charge is 2.30. The van der Waals surface area contributed by atoms with E-state index in [1.807, 2.05) is 0 Å². The van der Waals surface area contributed by atoms with E-state index in [0.29, 0.717) is 19.3 Å². The van der Waals surface area contributed by atoms with E-state index in [4.69, 9.17) is 32.3 Å². The zero-order valence-corrected chi connectivity index (χ0v) is 89.2. The summed E-state index contributed by atoms with van der Waals surface area (Å²) >= 11 is 0. The van der Waals surface area contributed by atoms with Crippen LogP contribution in [0.5, 0.6) is 0 Å². The molecule has 0 aliphatic heterocycles. The van der Waals surface area contributed by atoms with Gasteiger partial charge in [-0.3, -0.25) is 32.5 Å². The Morgan fingerprint density at radius 3 is 0.613 bits per heavy atom.